The minimum atomic E-state index is -3.89. The maximum atomic E-state index is 13.1. The fourth-order valence-electron chi connectivity index (χ4n) is 4.61. The van der Waals surface area contributed by atoms with Crippen LogP contribution >= 0.6 is 0 Å². The highest BCUT2D eigenvalue weighted by Gasteiger charge is 2.45. The molecule has 0 aliphatic carbocycles. The number of anilines is 2. The predicted octanol–water partition coefficient (Wildman–Crippen LogP) is 1.89. The Morgan fingerprint density at radius 3 is 2.78 bits per heavy atom. The number of hydrogen-bond acceptors (Lipinski definition) is 8. The van der Waals surface area contributed by atoms with Crippen LogP contribution in [0.25, 0.3) is 22.2 Å². The summed E-state index contributed by atoms with van der Waals surface area (Å²) in [6.45, 7) is 4.61. The monoisotopic (exact) mass is 455 g/mol. The van der Waals surface area contributed by atoms with Gasteiger partial charge in [0.05, 0.1) is 34.2 Å². The molecule has 2 aromatic heterocycles. The van der Waals surface area contributed by atoms with Crippen molar-refractivity contribution in [3.63, 3.8) is 0 Å². The summed E-state index contributed by atoms with van der Waals surface area (Å²) < 4.78 is 27.5. The standard InChI is InChI=1S/C22H25N5O4S/c1-12(2)24-20-19-15(23-11-26(3)21(19)28)10-14(25-20)13-6-7-16-18(9-13)32(30,31)22(29)17-5-4-8-27(16)17/h6-7,9-12,17,22,29H,4-5,8H2,1-3H3,(H,24,25). The minimum absolute atomic E-state index is 0.0250. The third-order valence-electron chi connectivity index (χ3n) is 6.15. The summed E-state index contributed by atoms with van der Waals surface area (Å²) in [5.74, 6) is 0.404. The third-order valence-corrected chi connectivity index (χ3v) is 8.04. The van der Waals surface area contributed by atoms with Crippen LogP contribution in [-0.4, -0.2) is 52.1 Å². The zero-order valence-corrected chi connectivity index (χ0v) is 18.9. The molecular weight excluding hydrogens is 430 g/mol. The van der Waals surface area contributed by atoms with Gasteiger partial charge >= 0.3 is 0 Å². The van der Waals surface area contributed by atoms with Gasteiger partial charge in [0.2, 0.25) is 9.84 Å². The SMILES string of the molecule is CC(C)Nc1nc(-c2ccc3c(c2)S(=O)(=O)C(O)C2CCCN32)cc2ncn(C)c(=O)c12. The van der Waals surface area contributed by atoms with Crippen molar-refractivity contribution in [1.82, 2.24) is 14.5 Å². The molecule has 0 bridgehead atoms. The van der Waals surface area contributed by atoms with Gasteiger partial charge in [0.25, 0.3) is 5.56 Å². The van der Waals surface area contributed by atoms with E-state index in [0.717, 1.165) is 6.42 Å². The first kappa shape index (κ1) is 20.9. The van der Waals surface area contributed by atoms with E-state index in [0.29, 0.717) is 46.6 Å². The number of aliphatic hydroxyl groups is 1. The molecule has 1 aromatic carbocycles. The minimum Gasteiger partial charge on any atom is -0.375 e. The lowest BCUT2D eigenvalue weighted by Crippen LogP contribution is -2.47. The number of aliphatic hydroxyl groups excluding tert-OH is 1. The van der Waals surface area contributed by atoms with Crippen LogP contribution in [0.15, 0.2) is 40.3 Å². The first-order valence-electron chi connectivity index (χ1n) is 10.6. The van der Waals surface area contributed by atoms with Crippen LogP contribution in [0, 0.1) is 0 Å². The highest BCUT2D eigenvalue weighted by atomic mass is 32.2. The number of pyridine rings is 1. The van der Waals surface area contributed by atoms with Gasteiger partial charge < -0.3 is 19.9 Å². The van der Waals surface area contributed by atoms with Crippen LogP contribution in [0.1, 0.15) is 26.7 Å². The number of benzene rings is 1. The molecule has 0 radical (unpaired) electrons. The maximum absolute atomic E-state index is 13.1. The van der Waals surface area contributed by atoms with Gasteiger partial charge in [-0.15, -0.1) is 0 Å². The first-order chi connectivity index (χ1) is 15.2. The molecule has 0 amide bonds. The zero-order chi connectivity index (χ0) is 22.8. The van der Waals surface area contributed by atoms with Gasteiger partial charge in [0.1, 0.15) is 11.2 Å². The number of aromatic nitrogens is 3. The van der Waals surface area contributed by atoms with E-state index >= 15 is 0 Å². The van der Waals surface area contributed by atoms with Crippen LogP contribution in [0.5, 0.6) is 0 Å². The fraction of sp³-hybridized carbons (Fsp3) is 0.409. The highest BCUT2D eigenvalue weighted by Crippen LogP contribution is 2.42. The smallest absolute Gasteiger partial charge is 0.264 e. The molecule has 2 aliphatic heterocycles. The second kappa shape index (κ2) is 7.28. The number of aryl methyl sites for hydroxylation is 1. The Hall–Kier alpha value is -2.98. The van der Waals surface area contributed by atoms with E-state index in [4.69, 9.17) is 0 Å². The average Bonchev–Trinajstić information content (AvgIpc) is 3.24. The molecule has 3 aromatic rings. The zero-order valence-electron chi connectivity index (χ0n) is 18.1. The van der Waals surface area contributed by atoms with E-state index in [1.54, 1.807) is 25.2 Å². The molecule has 168 valence electrons. The molecule has 2 unspecified atom stereocenters. The number of nitrogens with zero attached hydrogens (tertiary/aromatic N) is 4. The number of sulfone groups is 1. The molecule has 2 atom stereocenters. The lowest BCUT2D eigenvalue weighted by Gasteiger charge is -2.36. The largest absolute Gasteiger partial charge is 0.375 e. The number of hydrogen-bond donors (Lipinski definition) is 2. The van der Waals surface area contributed by atoms with Crippen LogP contribution in [0.3, 0.4) is 0 Å². The molecule has 9 nitrogen and oxygen atoms in total. The molecular formula is C22H25N5O4S. The predicted molar refractivity (Wildman–Crippen MR) is 123 cm³/mol. The Bertz CT molecular complexity index is 1400. The summed E-state index contributed by atoms with van der Waals surface area (Å²) in [6.07, 6.45) is 2.95. The molecule has 5 rings (SSSR count). The highest BCUT2D eigenvalue weighted by molar-refractivity contribution is 7.92. The summed E-state index contributed by atoms with van der Waals surface area (Å²) in [5, 5.41) is 14.1. The van der Waals surface area contributed by atoms with Gasteiger partial charge in [-0.3, -0.25) is 4.79 Å². The molecule has 1 fully saturated rings. The van der Waals surface area contributed by atoms with E-state index in [1.165, 1.54) is 10.9 Å². The topological polar surface area (TPSA) is 117 Å². The van der Waals surface area contributed by atoms with E-state index in [9.17, 15) is 18.3 Å². The van der Waals surface area contributed by atoms with Gasteiger partial charge in [-0.25, -0.2) is 18.4 Å². The Morgan fingerprint density at radius 1 is 1.25 bits per heavy atom. The Labute approximate surface area is 185 Å². The average molecular weight is 456 g/mol. The second-order valence-corrected chi connectivity index (χ2v) is 10.7. The molecule has 0 spiro atoms. The summed E-state index contributed by atoms with van der Waals surface area (Å²) >= 11 is 0. The fourth-order valence-corrected chi connectivity index (χ4v) is 6.34. The first-order valence-corrected chi connectivity index (χ1v) is 12.2. The third kappa shape index (κ3) is 3.08. The summed E-state index contributed by atoms with van der Waals surface area (Å²) in [6, 6.07) is 6.49. The molecule has 0 saturated carbocycles. The van der Waals surface area contributed by atoms with Crippen LogP contribution < -0.4 is 15.8 Å². The second-order valence-electron chi connectivity index (χ2n) is 8.73. The number of nitrogens with one attached hydrogen (secondary N) is 1. The molecule has 10 heteroatoms. The van der Waals surface area contributed by atoms with E-state index in [2.05, 4.69) is 15.3 Å². The normalized spacial score (nSPS) is 21.6. The summed E-state index contributed by atoms with van der Waals surface area (Å²) in [4.78, 5) is 23.9. The van der Waals surface area contributed by atoms with Gasteiger partial charge in [0, 0.05) is 25.2 Å². The molecule has 4 heterocycles. The Balaban J connectivity index is 1.71. The van der Waals surface area contributed by atoms with Crippen molar-refractivity contribution in [3.8, 4) is 11.3 Å². The van der Waals surface area contributed by atoms with Gasteiger partial charge in [-0.1, -0.05) is 6.07 Å². The van der Waals surface area contributed by atoms with Crippen LogP contribution in [0.2, 0.25) is 0 Å². The Morgan fingerprint density at radius 2 is 2.03 bits per heavy atom. The number of rotatable bonds is 3. The lowest BCUT2D eigenvalue weighted by atomic mass is 10.1. The van der Waals surface area contributed by atoms with Crippen molar-refractivity contribution in [3.05, 3.63) is 40.9 Å². The summed E-state index contributed by atoms with van der Waals surface area (Å²) in [5.41, 5.74) is 0.510. The quantitative estimate of drug-likeness (QED) is 0.615. The van der Waals surface area contributed by atoms with E-state index < -0.39 is 21.3 Å². The molecule has 2 aliphatic rings. The van der Waals surface area contributed by atoms with Gasteiger partial charge in [-0.05, 0) is 44.9 Å². The summed E-state index contributed by atoms with van der Waals surface area (Å²) in [7, 11) is -2.26. The van der Waals surface area contributed by atoms with Crippen molar-refractivity contribution in [2.75, 3.05) is 16.8 Å². The Kier molecular flexibility index (Phi) is 4.75. The van der Waals surface area contributed by atoms with Crippen LogP contribution in [-0.2, 0) is 16.9 Å². The lowest BCUT2D eigenvalue weighted by molar-refractivity contribution is 0.214. The van der Waals surface area contributed by atoms with Gasteiger partial charge in [-0.2, -0.15) is 0 Å². The maximum Gasteiger partial charge on any atom is 0.264 e. The molecule has 1 saturated heterocycles. The molecule has 32 heavy (non-hydrogen) atoms. The van der Waals surface area contributed by atoms with Crippen molar-refractivity contribution >= 4 is 32.2 Å². The van der Waals surface area contributed by atoms with Gasteiger partial charge in [0.15, 0.2) is 5.44 Å². The van der Waals surface area contributed by atoms with Crippen molar-refractivity contribution < 1.29 is 13.5 Å². The van der Waals surface area contributed by atoms with Crippen LogP contribution in [0.4, 0.5) is 11.5 Å². The van der Waals surface area contributed by atoms with E-state index in [1.807, 2.05) is 24.8 Å². The molecule has 2 N–H and O–H groups in total. The number of fused-ring (bicyclic) bond motifs is 4. The van der Waals surface area contributed by atoms with Crippen molar-refractivity contribution in [2.45, 2.75) is 49.1 Å². The van der Waals surface area contributed by atoms with E-state index in [-0.39, 0.29) is 16.5 Å². The van der Waals surface area contributed by atoms with Crippen molar-refractivity contribution in [2.24, 2.45) is 7.05 Å². The van der Waals surface area contributed by atoms with Crippen molar-refractivity contribution in [1.29, 1.82) is 0 Å².